The first kappa shape index (κ1) is 24.0. The van der Waals surface area contributed by atoms with Crippen LogP contribution in [0.1, 0.15) is 92.8 Å². The van der Waals surface area contributed by atoms with Gasteiger partial charge in [-0.2, -0.15) is 0 Å². The van der Waals surface area contributed by atoms with Crippen LogP contribution in [-0.2, 0) is 22.0 Å². The van der Waals surface area contributed by atoms with Crippen LogP contribution >= 0.6 is 0 Å². The summed E-state index contributed by atoms with van der Waals surface area (Å²) in [7, 11) is 0. The number of imide groups is 1. The van der Waals surface area contributed by atoms with E-state index in [0.717, 1.165) is 16.7 Å². The van der Waals surface area contributed by atoms with E-state index in [1.54, 1.807) is 24.3 Å². The molecule has 0 saturated carbocycles. The van der Waals surface area contributed by atoms with Crippen LogP contribution < -0.4 is 9.47 Å². The van der Waals surface area contributed by atoms with E-state index >= 15 is 0 Å². The Morgan fingerprint density at radius 2 is 1.59 bits per heavy atom. The molecule has 0 aromatic heterocycles. The maximum atomic E-state index is 13.0. The molecule has 0 fully saturated rings. The molecule has 180 valence electrons. The number of rotatable bonds is 3. The Hall–Kier alpha value is -3.15. The number of carbonyl (C=O) groups is 3. The van der Waals surface area contributed by atoms with Gasteiger partial charge in [0, 0.05) is 30.0 Å². The molecule has 0 bridgehead atoms. The number of nitrogens with zero attached hydrogens (tertiary/aromatic N) is 1. The summed E-state index contributed by atoms with van der Waals surface area (Å²) < 4.78 is 12.3. The molecular formula is C28H33NO5. The molecule has 2 heterocycles. The van der Waals surface area contributed by atoms with Crippen molar-refractivity contribution in [2.45, 2.75) is 78.2 Å². The average Bonchev–Trinajstić information content (AvgIpc) is 3.14. The Labute approximate surface area is 201 Å². The van der Waals surface area contributed by atoms with Crippen molar-refractivity contribution >= 4 is 17.8 Å². The van der Waals surface area contributed by atoms with Gasteiger partial charge in [0.25, 0.3) is 11.8 Å². The molecular weight excluding hydrogens is 430 g/mol. The van der Waals surface area contributed by atoms with Crippen LogP contribution in [0.25, 0.3) is 0 Å². The molecule has 4 rings (SSSR count). The van der Waals surface area contributed by atoms with Crippen molar-refractivity contribution in [1.82, 2.24) is 4.90 Å². The molecule has 2 aromatic rings. The molecule has 0 spiro atoms. The van der Waals surface area contributed by atoms with Crippen molar-refractivity contribution in [3.8, 4) is 11.5 Å². The lowest BCUT2D eigenvalue weighted by atomic mass is 9.76. The summed E-state index contributed by atoms with van der Waals surface area (Å²) in [6.45, 7) is 15.9. The van der Waals surface area contributed by atoms with E-state index in [1.807, 2.05) is 13.0 Å². The van der Waals surface area contributed by atoms with Crippen molar-refractivity contribution in [1.29, 1.82) is 0 Å². The van der Waals surface area contributed by atoms with E-state index in [4.69, 9.17) is 9.47 Å². The predicted octanol–water partition coefficient (Wildman–Crippen LogP) is 5.20. The van der Waals surface area contributed by atoms with E-state index in [-0.39, 0.29) is 35.2 Å². The molecule has 6 heteroatoms. The Balaban J connectivity index is 1.78. The standard InChI is InChI=1S/C28H33NO5/c1-16(30)33-23-20(26(2,3)4)13-21-19(22(23)27(5,6)7)14-28(8,34-21)15-29-24(31)17-11-9-10-12-18(17)25(29)32/h9-13H,14-15H2,1-8H3. The number of amides is 2. The van der Waals surface area contributed by atoms with Gasteiger partial charge in [-0.25, -0.2) is 0 Å². The average molecular weight is 464 g/mol. The van der Waals surface area contributed by atoms with E-state index < -0.39 is 5.60 Å². The number of hydrogen-bond acceptors (Lipinski definition) is 5. The number of hydrogen-bond donors (Lipinski definition) is 0. The van der Waals surface area contributed by atoms with Crippen LogP contribution in [-0.4, -0.2) is 34.8 Å². The van der Waals surface area contributed by atoms with Gasteiger partial charge >= 0.3 is 5.97 Å². The van der Waals surface area contributed by atoms with Crippen LogP contribution in [0.3, 0.4) is 0 Å². The second-order valence-corrected chi connectivity index (χ2v) is 11.7. The lowest BCUT2D eigenvalue weighted by Crippen LogP contribution is -2.46. The summed E-state index contributed by atoms with van der Waals surface area (Å²) in [5, 5.41) is 0. The number of fused-ring (bicyclic) bond motifs is 2. The SMILES string of the molecule is CC(=O)Oc1c(C(C)(C)C)cc2c(c1C(C)(C)C)CC(C)(CN1C(=O)c3ccccc3C1=O)O2. The molecule has 6 nitrogen and oxygen atoms in total. The predicted molar refractivity (Wildman–Crippen MR) is 130 cm³/mol. The molecule has 1 unspecified atom stereocenters. The molecule has 2 aliphatic rings. The molecule has 2 amide bonds. The number of esters is 1. The molecule has 0 aliphatic carbocycles. The molecule has 0 radical (unpaired) electrons. The van der Waals surface area contributed by atoms with Crippen molar-refractivity contribution in [3.05, 3.63) is 58.1 Å². The smallest absolute Gasteiger partial charge is 0.308 e. The summed E-state index contributed by atoms with van der Waals surface area (Å²) in [6.07, 6.45) is 0.487. The number of ether oxygens (including phenoxy) is 2. The summed E-state index contributed by atoms with van der Waals surface area (Å²) in [6, 6.07) is 8.84. The van der Waals surface area contributed by atoms with E-state index in [9.17, 15) is 14.4 Å². The van der Waals surface area contributed by atoms with Crippen molar-refractivity contribution in [2.24, 2.45) is 0 Å². The topological polar surface area (TPSA) is 72.9 Å². The minimum absolute atomic E-state index is 0.130. The van der Waals surface area contributed by atoms with Gasteiger partial charge in [0.15, 0.2) is 0 Å². The lowest BCUT2D eigenvalue weighted by Gasteiger charge is -2.30. The first-order valence-electron chi connectivity index (χ1n) is 11.7. The van der Waals surface area contributed by atoms with E-state index in [1.165, 1.54) is 11.8 Å². The second-order valence-electron chi connectivity index (χ2n) is 11.7. The Morgan fingerprint density at radius 1 is 1.03 bits per heavy atom. The fourth-order valence-electron chi connectivity index (χ4n) is 5.03. The highest BCUT2D eigenvalue weighted by molar-refractivity contribution is 6.21. The highest BCUT2D eigenvalue weighted by Crippen LogP contribution is 2.50. The summed E-state index contributed by atoms with van der Waals surface area (Å²) >= 11 is 0. The summed E-state index contributed by atoms with van der Waals surface area (Å²) in [4.78, 5) is 39.3. The van der Waals surface area contributed by atoms with Gasteiger partial charge in [0.05, 0.1) is 17.7 Å². The molecule has 34 heavy (non-hydrogen) atoms. The highest BCUT2D eigenvalue weighted by atomic mass is 16.5. The molecule has 2 aromatic carbocycles. The van der Waals surface area contributed by atoms with Gasteiger partial charge in [0.1, 0.15) is 17.1 Å². The van der Waals surface area contributed by atoms with Gasteiger partial charge in [-0.1, -0.05) is 53.7 Å². The third-order valence-corrected chi connectivity index (χ3v) is 6.43. The summed E-state index contributed by atoms with van der Waals surface area (Å²) in [5.74, 6) is 0.329. The quantitative estimate of drug-likeness (QED) is 0.356. The highest BCUT2D eigenvalue weighted by Gasteiger charge is 2.46. The van der Waals surface area contributed by atoms with Crippen molar-refractivity contribution in [3.63, 3.8) is 0 Å². The van der Waals surface area contributed by atoms with Gasteiger partial charge in [-0.05, 0) is 36.0 Å². The normalized spacial score (nSPS) is 19.7. The van der Waals surface area contributed by atoms with E-state index in [2.05, 4.69) is 41.5 Å². The molecule has 0 saturated heterocycles. The third kappa shape index (κ3) is 3.99. The van der Waals surface area contributed by atoms with Gasteiger partial charge in [-0.3, -0.25) is 19.3 Å². The number of benzene rings is 2. The lowest BCUT2D eigenvalue weighted by molar-refractivity contribution is -0.132. The Morgan fingerprint density at radius 3 is 2.06 bits per heavy atom. The zero-order valence-electron chi connectivity index (χ0n) is 21.3. The molecule has 2 aliphatic heterocycles. The fraction of sp³-hybridized carbons (Fsp3) is 0.464. The first-order valence-corrected chi connectivity index (χ1v) is 11.7. The minimum Gasteiger partial charge on any atom is -0.485 e. The van der Waals surface area contributed by atoms with Crippen LogP contribution in [0.5, 0.6) is 11.5 Å². The van der Waals surface area contributed by atoms with Gasteiger partial charge in [0.2, 0.25) is 0 Å². The summed E-state index contributed by atoms with van der Waals surface area (Å²) in [5.41, 5.74) is 2.18. The first-order chi connectivity index (χ1) is 15.6. The van der Waals surface area contributed by atoms with Gasteiger partial charge in [-0.15, -0.1) is 0 Å². The maximum absolute atomic E-state index is 13.0. The van der Waals surface area contributed by atoms with Crippen LogP contribution in [0.4, 0.5) is 0 Å². The van der Waals surface area contributed by atoms with Crippen LogP contribution in [0.15, 0.2) is 30.3 Å². The van der Waals surface area contributed by atoms with Gasteiger partial charge < -0.3 is 9.47 Å². The monoisotopic (exact) mass is 463 g/mol. The minimum atomic E-state index is -0.806. The fourth-order valence-corrected chi connectivity index (χ4v) is 5.03. The van der Waals surface area contributed by atoms with Crippen LogP contribution in [0.2, 0.25) is 0 Å². The number of carbonyl (C=O) groups excluding carboxylic acids is 3. The largest absolute Gasteiger partial charge is 0.485 e. The van der Waals surface area contributed by atoms with Crippen molar-refractivity contribution < 1.29 is 23.9 Å². The Bertz CT molecular complexity index is 1180. The molecule has 1 atom stereocenters. The maximum Gasteiger partial charge on any atom is 0.308 e. The zero-order chi connectivity index (χ0) is 25.2. The van der Waals surface area contributed by atoms with Crippen LogP contribution in [0, 0.1) is 0 Å². The van der Waals surface area contributed by atoms with Crippen molar-refractivity contribution in [2.75, 3.05) is 6.54 Å². The molecule has 0 N–H and O–H groups in total. The Kier molecular flexibility index (Phi) is 5.42. The van der Waals surface area contributed by atoms with E-state index in [0.29, 0.717) is 29.0 Å². The third-order valence-electron chi connectivity index (χ3n) is 6.43. The zero-order valence-corrected chi connectivity index (χ0v) is 21.3. The second kappa shape index (κ2) is 7.69.